The molecule has 3 aromatic carbocycles. The minimum atomic E-state index is -3.66. The minimum absolute atomic E-state index is 0.0336. The molecule has 2 N–H and O–H groups in total. The lowest BCUT2D eigenvalue weighted by Crippen LogP contribution is -2.48. The SMILES string of the molecule is CC(=O)N1CCc2cc(S(=O)(=O)N3CCN(c4nc(C(Cc5ccc(N(C)C)cc5)c5ccc(N)cc5)ns4)CC3)ccc21. The van der Waals surface area contributed by atoms with Crippen LogP contribution in [-0.4, -0.2) is 74.8 Å². The molecule has 12 heteroatoms. The monoisotopic (exact) mass is 631 g/mol. The highest BCUT2D eigenvalue weighted by Gasteiger charge is 2.32. The van der Waals surface area contributed by atoms with Crippen molar-refractivity contribution in [2.75, 3.05) is 67.3 Å². The lowest BCUT2D eigenvalue weighted by molar-refractivity contribution is -0.116. The molecule has 1 fully saturated rings. The molecule has 0 saturated carbocycles. The van der Waals surface area contributed by atoms with E-state index in [2.05, 4.69) is 34.1 Å². The number of sulfonamides is 1. The van der Waals surface area contributed by atoms with Crippen LogP contribution >= 0.6 is 11.5 Å². The second-order valence-corrected chi connectivity index (χ2v) is 14.2. The normalized spacial score (nSPS) is 16.2. The molecule has 3 heterocycles. The van der Waals surface area contributed by atoms with Gasteiger partial charge in [0, 0.05) is 88.3 Å². The Morgan fingerprint density at radius 1 is 0.977 bits per heavy atom. The fraction of sp³-hybridized carbons (Fsp3) is 0.344. The van der Waals surface area contributed by atoms with Gasteiger partial charge in [0.05, 0.1) is 4.90 Å². The van der Waals surface area contributed by atoms with Crippen molar-refractivity contribution in [3.05, 3.63) is 89.2 Å². The molecule has 1 saturated heterocycles. The summed E-state index contributed by atoms with van der Waals surface area (Å²) in [5, 5.41) is 0.794. The largest absolute Gasteiger partial charge is 0.399 e. The highest BCUT2D eigenvalue weighted by atomic mass is 32.2. The molecule has 230 valence electrons. The van der Waals surface area contributed by atoms with Crippen LogP contribution in [0.3, 0.4) is 0 Å². The number of carbonyl (C=O) groups excluding carboxylic acids is 1. The molecule has 1 amide bonds. The lowest BCUT2D eigenvalue weighted by Gasteiger charge is -2.33. The Morgan fingerprint density at radius 3 is 2.34 bits per heavy atom. The summed E-state index contributed by atoms with van der Waals surface area (Å²) < 4.78 is 33.4. The summed E-state index contributed by atoms with van der Waals surface area (Å²) in [5.41, 5.74) is 11.8. The first-order valence-corrected chi connectivity index (χ1v) is 16.9. The van der Waals surface area contributed by atoms with Gasteiger partial charge in [0.1, 0.15) is 0 Å². The van der Waals surface area contributed by atoms with Crippen molar-refractivity contribution in [3.63, 3.8) is 0 Å². The van der Waals surface area contributed by atoms with Gasteiger partial charge in [-0.1, -0.05) is 24.3 Å². The predicted molar refractivity (Wildman–Crippen MR) is 176 cm³/mol. The van der Waals surface area contributed by atoms with E-state index in [9.17, 15) is 13.2 Å². The van der Waals surface area contributed by atoms with Crippen LogP contribution in [0.1, 0.15) is 35.4 Å². The van der Waals surface area contributed by atoms with Gasteiger partial charge in [-0.3, -0.25) is 4.79 Å². The van der Waals surface area contributed by atoms with Crippen molar-refractivity contribution < 1.29 is 13.2 Å². The number of nitrogens with zero attached hydrogens (tertiary/aromatic N) is 6. The average molecular weight is 632 g/mol. The van der Waals surface area contributed by atoms with Crippen LogP contribution in [0, 0.1) is 0 Å². The third-order valence-corrected chi connectivity index (χ3v) is 11.1. The van der Waals surface area contributed by atoms with Crippen molar-refractivity contribution in [1.29, 1.82) is 0 Å². The van der Waals surface area contributed by atoms with E-state index >= 15 is 0 Å². The van der Waals surface area contributed by atoms with Gasteiger partial charge in [0.2, 0.25) is 21.1 Å². The Bertz CT molecular complexity index is 1750. The molecule has 0 aliphatic carbocycles. The predicted octanol–water partition coefficient (Wildman–Crippen LogP) is 3.98. The number of fused-ring (bicyclic) bond motifs is 1. The first kappa shape index (κ1) is 30.0. The first-order chi connectivity index (χ1) is 21.1. The van der Waals surface area contributed by atoms with Gasteiger partial charge < -0.3 is 20.4 Å². The van der Waals surface area contributed by atoms with Gasteiger partial charge in [0.25, 0.3) is 0 Å². The van der Waals surface area contributed by atoms with E-state index in [0.717, 1.165) is 39.9 Å². The Balaban J connectivity index is 1.16. The molecule has 10 nitrogen and oxygen atoms in total. The van der Waals surface area contributed by atoms with Crippen LogP contribution in [0.2, 0.25) is 0 Å². The Hall–Kier alpha value is -4.00. The van der Waals surface area contributed by atoms with Crippen LogP contribution in [0.4, 0.5) is 22.2 Å². The topological polar surface area (TPSA) is 116 Å². The van der Waals surface area contributed by atoms with Crippen LogP contribution in [0.15, 0.2) is 71.6 Å². The van der Waals surface area contributed by atoms with Crippen LogP contribution in [0.5, 0.6) is 0 Å². The van der Waals surface area contributed by atoms with E-state index in [0.29, 0.717) is 44.8 Å². The van der Waals surface area contributed by atoms with Crippen molar-refractivity contribution in [2.45, 2.75) is 30.6 Å². The number of aromatic nitrogens is 2. The molecular formula is C32H37N7O3S2. The summed E-state index contributed by atoms with van der Waals surface area (Å²) in [6, 6.07) is 21.5. The Morgan fingerprint density at radius 2 is 1.68 bits per heavy atom. The fourth-order valence-corrected chi connectivity index (χ4v) is 8.13. The fourth-order valence-electron chi connectivity index (χ4n) is 5.88. The smallest absolute Gasteiger partial charge is 0.243 e. The Kier molecular flexibility index (Phi) is 8.32. The van der Waals surface area contributed by atoms with Crippen LogP contribution < -0.4 is 20.4 Å². The zero-order valence-electron chi connectivity index (χ0n) is 25.2. The van der Waals surface area contributed by atoms with Crippen molar-refractivity contribution in [3.8, 4) is 0 Å². The standard InChI is InChI=1S/C32H37N7O3S2/c1-22(40)39-15-14-25-21-28(12-13-30(25)39)44(41,42)38-18-16-37(17-19-38)32-34-31(35-43-32)29(24-6-8-26(33)9-7-24)20-23-4-10-27(11-5-23)36(2)3/h4-13,21,29H,14-20,33H2,1-3H3. The molecule has 0 bridgehead atoms. The second kappa shape index (κ2) is 12.2. The van der Waals surface area contributed by atoms with Gasteiger partial charge in [-0.2, -0.15) is 8.68 Å². The van der Waals surface area contributed by atoms with Gasteiger partial charge in [-0.05, 0) is 72.0 Å². The summed E-state index contributed by atoms with van der Waals surface area (Å²) in [5.74, 6) is 0.666. The minimum Gasteiger partial charge on any atom is -0.399 e. The maximum Gasteiger partial charge on any atom is 0.243 e. The summed E-state index contributed by atoms with van der Waals surface area (Å²) >= 11 is 1.35. The van der Waals surface area contributed by atoms with Gasteiger partial charge in [-0.25, -0.2) is 13.4 Å². The lowest BCUT2D eigenvalue weighted by atomic mass is 9.91. The van der Waals surface area contributed by atoms with E-state index in [4.69, 9.17) is 15.1 Å². The van der Waals surface area contributed by atoms with Crippen molar-refractivity contribution in [1.82, 2.24) is 13.7 Å². The maximum atomic E-state index is 13.5. The molecule has 1 aromatic heterocycles. The highest BCUT2D eigenvalue weighted by Crippen LogP contribution is 2.33. The number of rotatable bonds is 8. The van der Waals surface area contributed by atoms with Crippen LogP contribution in [0.25, 0.3) is 0 Å². The number of amides is 1. The zero-order valence-corrected chi connectivity index (χ0v) is 26.8. The van der Waals surface area contributed by atoms with E-state index in [1.807, 2.05) is 38.4 Å². The number of nitrogen functional groups attached to an aromatic ring is 1. The number of hydrogen-bond acceptors (Lipinski definition) is 9. The molecule has 4 aromatic rings. The number of benzene rings is 3. The molecule has 0 radical (unpaired) electrons. The number of anilines is 4. The second-order valence-electron chi connectivity index (χ2n) is 11.5. The number of piperazine rings is 1. The van der Waals surface area contributed by atoms with E-state index in [-0.39, 0.29) is 16.7 Å². The molecule has 2 aliphatic heterocycles. The molecule has 1 unspecified atom stereocenters. The maximum absolute atomic E-state index is 13.5. The van der Waals surface area contributed by atoms with Gasteiger partial charge >= 0.3 is 0 Å². The van der Waals surface area contributed by atoms with E-state index in [1.54, 1.807) is 27.4 Å². The van der Waals surface area contributed by atoms with Crippen molar-refractivity contribution >= 4 is 49.7 Å². The highest BCUT2D eigenvalue weighted by molar-refractivity contribution is 7.89. The number of carbonyl (C=O) groups is 1. The quantitative estimate of drug-likeness (QED) is 0.291. The molecule has 1 atom stereocenters. The molecule has 44 heavy (non-hydrogen) atoms. The zero-order chi connectivity index (χ0) is 31.0. The molecule has 6 rings (SSSR count). The molecule has 2 aliphatic rings. The van der Waals surface area contributed by atoms with Crippen molar-refractivity contribution in [2.24, 2.45) is 0 Å². The summed E-state index contributed by atoms with van der Waals surface area (Å²) in [6.07, 6.45) is 1.40. The van der Waals surface area contributed by atoms with Gasteiger partial charge in [-0.15, -0.1) is 0 Å². The number of hydrogen-bond donors (Lipinski definition) is 1. The third kappa shape index (κ3) is 6.01. The summed E-state index contributed by atoms with van der Waals surface area (Å²) in [4.78, 5) is 23.0. The molecular weight excluding hydrogens is 595 g/mol. The third-order valence-electron chi connectivity index (χ3n) is 8.45. The average Bonchev–Trinajstić information content (AvgIpc) is 3.68. The first-order valence-electron chi connectivity index (χ1n) is 14.7. The summed E-state index contributed by atoms with van der Waals surface area (Å²) in [7, 11) is 0.393. The van der Waals surface area contributed by atoms with Crippen LogP contribution in [-0.2, 0) is 27.7 Å². The Labute approximate surface area is 262 Å². The summed E-state index contributed by atoms with van der Waals surface area (Å²) in [6.45, 7) is 3.87. The van der Waals surface area contributed by atoms with Gasteiger partial charge in [0.15, 0.2) is 5.82 Å². The van der Waals surface area contributed by atoms with E-state index < -0.39 is 10.0 Å². The van der Waals surface area contributed by atoms with E-state index in [1.165, 1.54) is 24.0 Å². The molecule has 0 spiro atoms. The number of nitrogens with two attached hydrogens (primary N) is 1.